The number of likely N-dealkylation sites (N-methyl/N-ethyl adjacent to an activating group) is 1. The van der Waals surface area contributed by atoms with Crippen molar-refractivity contribution in [2.75, 3.05) is 27.2 Å². The molecule has 0 spiro atoms. The Hall–Kier alpha value is -1.07. The lowest BCUT2D eigenvalue weighted by molar-refractivity contribution is -0.934. The zero-order chi connectivity index (χ0) is 28.6. The molecule has 39 heavy (non-hydrogen) atoms. The van der Waals surface area contributed by atoms with Crippen LogP contribution in [0.2, 0.25) is 0 Å². The Kier molecular flexibility index (Phi) is 9.53. The summed E-state index contributed by atoms with van der Waals surface area (Å²) in [6.45, 7) is 15.0. The molecule has 0 saturated heterocycles. The molecule has 0 heterocycles. The molecule has 1 unspecified atom stereocenters. The van der Waals surface area contributed by atoms with Gasteiger partial charge in [-0.15, -0.1) is 0 Å². The van der Waals surface area contributed by atoms with Crippen LogP contribution in [0, 0.1) is 46.3 Å². The standard InChI is InChI=1S/C34H60NO4/c1-23(2)10-9-11-24(3)29-14-15-30-28-13-12-26-22-27(39-32(37)38-21-20-35(7,8)25(4)36)16-18-33(26,5)31(28)17-19-34(29,30)6/h12,23-25,27-31,36H,9-11,13-22H2,1-8H3/q+1/t24-,25?,27+,28+,29-,30+,31+,33+,34-/m1/s1. The van der Waals surface area contributed by atoms with Crippen LogP contribution >= 0.6 is 0 Å². The number of ether oxygens (including phenoxy) is 2. The summed E-state index contributed by atoms with van der Waals surface area (Å²) in [6.07, 6.45) is 15.3. The fraction of sp³-hybridized carbons (Fsp3) is 0.912. The van der Waals surface area contributed by atoms with Gasteiger partial charge in [0.15, 0.2) is 6.23 Å². The van der Waals surface area contributed by atoms with Crippen molar-refractivity contribution in [3.8, 4) is 0 Å². The van der Waals surface area contributed by atoms with Gasteiger partial charge in [0, 0.05) is 13.3 Å². The van der Waals surface area contributed by atoms with E-state index >= 15 is 0 Å². The van der Waals surface area contributed by atoms with Crippen molar-refractivity contribution in [1.29, 1.82) is 0 Å². The Morgan fingerprint density at radius 2 is 1.79 bits per heavy atom. The fourth-order valence-corrected chi connectivity index (χ4v) is 9.47. The lowest BCUT2D eigenvalue weighted by Crippen LogP contribution is -2.51. The van der Waals surface area contributed by atoms with Crippen LogP contribution in [0.4, 0.5) is 4.79 Å². The van der Waals surface area contributed by atoms with Gasteiger partial charge >= 0.3 is 6.16 Å². The first-order valence-corrected chi connectivity index (χ1v) is 16.3. The van der Waals surface area contributed by atoms with Gasteiger partial charge in [-0.3, -0.25) is 0 Å². The third-order valence-electron chi connectivity index (χ3n) is 12.4. The number of rotatable bonds is 10. The third kappa shape index (κ3) is 6.40. The highest BCUT2D eigenvalue weighted by molar-refractivity contribution is 5.60. The summed E-state index contributed by atoms with van der Waals surface area (Å²) >= 11 is 0. The number of quaternary nitrogens is 1. The van der Waals surface area contributed by atoms with E-state index in [1.807, 2.05) is 14.1 Å². The van der Waals surface area contributed by atoms with Gasteiger partial charge in [0.05, 0.1) is 14.1 Å². The van der Waals surface area contributed by atoms with E-state index in [4.69, 9.17) is 9.47 Å². The minimum atomic E-state index is -0.559. The summed E-state index contributed by atoms with van der Waals surface area (Å²) in [5, 5.41) is 9.87. The summed E-state index contributed by atoms with van der Waals surface area (Å²) < 4.78 is 11.6. The Bertz CT molecular complexity index is 880. The van der Waals surface area contributed by atoms with E-state index in [1.165, 1.54) is 51.4 Å². The van der Waals surface area contributed by atoms with Crippen molar-refractivity contribution in [3.05, 3.63) is 11.6 Å². The van der Waals surface area contributed by atoms with Crippen LogP contribution < -0.4 is 0 Å². The summed E-state index contributed by atoms with van der Waals surface area (Å²) in [5.41, 5.74) is 2.32. The van der Waals surface area contributed by atoms with Crippen LogP contribution in [-0.2, 0) is 9.47 Å². The zero-order valence-electron chi connectivity index (χ0n) is 26.5. The van der Waals surface area contributed by atoms with Crippen LogP contribution in [-0.4, -0.2) is 55.3 Å². The SMILES string of the molecule is CC(C)CCC[C@@H](C)[C@H]1CC[C@H]2[C@@H]3CC=C4C[C@@H](OC(=O)OCC[N+](C)(C)C(C)O)CC[C@]4(C)[C@H]3CC[C@]12C. The van der Waals surface area contributed by atoms with E-state index in [-0.39, 0.29) is 18.1 Å². The number of nitrogens with zero attached hydrogens (tertiary/aromatic N) is 1. The van der Waals surface area contributed by atoms with Gasteiger partial charge in [-0.05, 0) is 91.3 Å². The first-order valence-electron chi connectivity index (χ1n) is 16.3. The number of carbonyl (C=O) groups is 1. The Balaban J connectivity index is 1.34. The first kappa shape index (κ1) is 30.9. The molecular formula is C34H60NO4+. The number of aliphatic hydroxyl groups excluding tert-OH is 1. The van der Waals surface area contributed by atoms with Crippen LogP contribution in [0.5, 0.6) is 0 Å². The van der Waals surface area contributed by atoms with Gasteiger partial charge in [-0.25, -0.2) is 4.79 Å². The van der Waals surface area contributed by atoms with E-state index in [0.717, 1.165) is 54.8 Å². The van der Waals surface area contributed by atoms with E-state index < -0.39 is 12.4 Å². The summed E-state index contributed by atoms with van der Waals surface area (Å²) in [5.74, 6) is 5.04. The molecule has 0 amide bonds. The quantitative estimate of drug-likeness (QED) is 0.131. The molecule has 0 radical (unpaired) electrons. The van der Waals surface area contributed by atoms with Crippen LogP contribution in [0.15, 0.2) is 11.6 Å². The maximum absolute atomic E-state index is 12.4. The van der Waals surface area contributed by atoms with Gasteiger partial charge in [0.1, 0.15) is 19.3 Å². The molecular weight excluding hydrogens is 486 g/mol. The second kappa shape index (κ2) is 12.0. The second-order valence-corrected chi connectivity index (χ2v) is 15.5. The molecule has 0 aromatic heterocycles. The molecule has 5 heteroatoms. The zero-order valence-corrected chi connectivity index (χ0v) is 26.5. The van der Waals surface area contributed by atoms with Crippen molar-refractivity contribution in [2.24, 2.45) is 46.3 Å². The second-order valence-electron chi connectivity index (χ2n) is 15.5. The fourth-order valence-electron chi connectivity index (χ4n) is 9.47. The minimum Gasteiger partial charge on any atom is -0.431 e. The van der Waals surface area contributed by atoms with Gasteiger partial charge in [-0.2, -0.15) is 0 Å². The van der Waals surface area contributed by atoms with Crippen molar-refractivity contribution in [3.63, 3.8) is 0 Å². The molecule has 3 fully saturated rings. The van der Waals surface area contributed by atoms with Crippen LogP contribution in [0.25, 0.3) is 0 Å². The lowest BCUT2D eigenvalue weighted by Gasteiger charge is -2.58. The lowest BCUT2D eigenvalue weighted by atomic mass is 9.47. The Morgan fingerprint density at radius 1 is 1.05 bits per heavy atom. The highest BCUT2D eigenvalue weighted by atomic mass is 16.7. The highest BCUT2D eigenvalue weighted by Gasteiger charge is 2.59. The molecule has 3 saturated carbocycles. The molecule has 9 atom stereocenters. The molecule has 0 bridgehead atoms. The van der Waals surface area contributed by atoms with Crippen molar-refractivity contribution in [1.82, 2.24) is 0 Å². The topological polar surface area (TPSA) is 55.8 Å². The average molecular weight is 547 g/mol. The predicted octanol–water partition coefficient (Wildman–Crippen LogP) is 7.96. The monoisotopic (exact) mass is 546 g/mol. The van der Waals surface area contributed by atoms with Crippen molar-refractivity contribution in [2.45, 2.75) is 125 Å². The number of hydrogen-bond acceptors (Lipinski definition) is 4. The van der Waals surface area contributed by atoms with Crippen LogP contribution in [0.1, 0.15) is 112 Å². The van der Waals surface area contributed by atoms with E-state index in [9.17, 15) is 9.90 Å². The summed E-state index contributed by atoms with van der Waals surface area (Å²) in [4.78, 5) is 12.4. The molecule has 4 aliphatic carbocycles. The number of allylic oxidation sites excluding steroid dienone is 1. The highest BCUT2D eigenvalue weighted by Crippen LogP contribution is 2.67. The van der Waals surface area contributed by atoms with E-state index in [0.29, 0.717) is 16.4 Å². The maximum atomic E-state index is 12.4. The van der Waals surface area contributed by atoms with E-state index in [2.05, 4.69) is 40.7 Å². The molecule has 0 aliphatic heterocycles. The maximum Gasteiger partial charge on any atom is 0.508 e. The number of hydrogen-bond donors (Lipinski definition) is 1. The normalized spacial score (nSPS) is 37.8. The molecule has 5 nitrogen and oxygen atoms in total. The number of aliphatic hydroxyl groups is 1. The molecule has 0 aromatic rings. The first-order chi connectivity index (χ1) is 18.3. The van der Waals surface area contributed by atoms with Gasteiger partial charge in [-0.1, -0.05) is 65.5 Å². The molecule has 1 N–H and O–H groups in total. The average Bonchev–Trinajstić information content (AvgIpc) is 3.21. The third-order valence-corrected chi connectivity index (χ3v) is 12.4. The minimum absolute atomic E-state index is 0.0796. The van der Waals surface area contributed by atoms with Gasteiger partial charge < -0.3 is 19.1 Å². The molecule has 4 aliphatic rings. The Morgan fingerprint density at radius 3 is 2.49 bits per heavy atom. The summed E-state index contributed by atoms with van der Waals surface area (Å²) in [6, 6.07) is 0. The number of carbonyl (C=O) groups excluding carboxylic acids is 1. The van der Waals surface area contributed by atoms with Crippen LogP contribution in [0.3, 0.4) is 0 Å². The van der Waals surface area contributed by atoms with Crippen molar-refractivity contribution < 1.29 is 23.9 Å². The summed E-state index contributed by atoms with van der Waals surface area (Å²) in [7, 11) is 3.86. The van der Waals surface area contributed by atoms with Gasteiger partial charge in [0.2, 0.25) is 0 Å². The molecule has 224 valence electrons. The Labute approximate surface area is 239 Å². The number of fused-ring (bicyclic) bond motifs is 5. The molecule has 0 aromatic carbocycles. The smallest absolute Gasteiger partial charge is 0.431 e. The predicted molar refractivity (Wildman–Crippen MR) is 158 cm³/mol. The van der Waals surface area contributed by atoms with Crippen molar-refractivity contribution >= 4 is 6.16 Å². The largest absolute Gasteiger partial charge is 0.508 e. The van der Waals surface area contributed by atoms with E-state index in [1.54, 1.807) is 12.5 Å². The van der Waals surface area contributed by atoms with Gasteiger partial charge in [0.25, 0.3) is 0 Å². The molecule has 4 rings (SSSR count).